The molecule has 1 aliphatic rings. The fourth-order valence-corrected chi connectivity index (χ4v) is 2.21. The van der Waals surface area contributed by atoms with Gasteiger partial charge >= 0.3 is 5.97 Å². The fourth-order valence-electron chi connectivity index (χ4n) is 2.21. The molecule has 0 radical (unpaired) electrons. The quantitative estimate of drug-likeness (QED) is 0.804. The Morgan fingerprint density at radius 2 is 1.95 bits per heavy atom. The van der Waals surface area contributed by atoms with E-state index in [1.54, 1.807) is 18.2 Å². The van der Waals surface area contributed by atoms with Crippen molar-refractivity contribution in [2.75, 3.05) is 19.5 Å². The second-order valence-corrected chi connectivity index (χ2v) is 4.76. The molecular weight excluding hydrogens is 262 g/mol. The lowest BCUT2D eigenvalue weighted by Gasteiger charge is -2.35. The summed E-state index contributed by atoms with van der Waals surface area (Å²) >= 11 is 0. The van der Waals surface area contributed by atoms with E-state index in [9.17, 15) is 14.7 Å². The molecule has 6 nitrogen and oxygen atoms in total. The maximum absolute atomic E-state index is 12.2. The second-order valence-electron chi connectivity index (χ2n) is 4.76. The van der Waals surface area contributed by atoms with E-state index in [1.165, 1.54) is 14.2 Å². The van der Waals surface area contributed by atoms with Crippen LogP contribution in [0.15, 0.2) is 18.2 Å². The number of ether oxygens (including phenoxy) is 2. The lowest BCUT2D eigenvalue weighted by atomic mass is 9.68. The highest BCUT2D eigenvalue weighted by Crippen LogP contribution is 2.42. The van der Waals surface area contributed by atoms with Crippen molar-refractivity contribution in [3.8, 4) is 11.5 Å². The van der Waals surface area contributed by atoms with Crippen LogP contribution < -0.4 is 14.8 Å². The molecule has 2 N–H and O–H groups in total. The molecule has 0 aromatic heterocycles. The first kappa shape index (κ1) is 14.2. The fraction of sp³-hybridized carbons (Fsp3) is 0.429. The Morgan fingerprint density at radius 3 is 2.40 bits per heavy atom. The van der Waals surface area contributed by atoms with Gasteiger partial charge in [0.15, 0.2) is 0 Å². The molecule has 0 aliphatic heterocycles. The number of anilines is 1. The maximum atomic E-state index is 12.2. The van der Waals surface area contributed by atoms with Crippen molar-refractivity contribution in [3.63, 3.8) is 0 Å². The minimum atomic E-state index is -1.30. The van der Waals surface area contributed by atoms with Crippen molar-refractivity contribution in [2.24, 2.45) is 5.41 Å². The lowest BCUT2D eigenvalue weighted by Crippen LogP contribution is -2.48. The highest BCUT2D eigenvalue weighted by Gasteiger charge is 2.51. The minimum absolute atomic E-state index is 0.368. The van der Waals surface area contributed by atoms with Crippen molar-refractivity contribution in [1.29, 1.82) is 0 Å². The van der Waals surface area contributed by atoms with Gasteiger partial charge in [0.1, 0.15) is 16.9 Å². The van der Waals surface area contributed by atoms with Gasteiger partial charge in [0.05, 0.1) is 19.9 Å². The zero-order valence-corrected chi connectivity index (χ0v) is 11.4. The van der Waals surface area contributed by atoms with Crippen molar-refractivity contribution < 1.29 is 24.2 Å². The molecule has 20 heavy (non-hydrogen) atoms. The minimum Gasteiger partial charge on any atom is -0.497 e. The van der Waals surface area contributed by atoms with Crippen molar-refractivity contribution in [3.05, 3.63) is 18.2 Å². The third-order valence-electron chi connectivity index (χ3n) is 3.71. The predicted molar refractivity (Wildman–Crippen MR) is 72.1 cm³/mol. The molecule has 2 rings (SSSR count). The molecule has 1 saturated carbocycles. The van der Waals surface area contributed by atoms with Crippen LogP contribution in [0.4, 0.5) is 5.69 Å². The van der Waals surface area contributed by atoms with E-state index in [1.807, 2.05) is 0 Å². The zero-order chi connectivity index (χ0) is 14.8. The first-order valence-electron chi connectivity index (χ1n) is 6.30. The van der Waals surface area contributed by atoms with Crippen LogP contribution in [0.2, 0.25) is 0 Å². The molecule has 1 amide bonds. The van der Waals surface area contributed by atoms with Gasteiger partial charge in [-0.3, -0.25) is 9.59 Å². The SMILES string of the molecule is COc1ccc(NC(=O)C2(C(=O)O)CCC2)c(OC)c1. The van der Waals surface area contributed by atoms with Crippen molar-refractivity contribution in [2.45, 2.75) is 19.3 Å². The molecule has 108 valence electrons. The van der Waals surface area contributed by atoms with E-state index in [-0.39, 0.29) is 0 Å². The number of carboxylic acid groups (broad SMARTS) is 1. The molecule has 1 fully saturated rings. The maximum Gasteiger partial charge on any atom is 0.319 e. The van der Waals surface area contributed by atoms with Crippen LogP contribution in [0.25, 0.3) is 0 Å². The third kappa shape index (κ3) is 2.29. The third-order valence-corrected chi connectivity index (χ3v) is 3.71. The number of carboxylic acids is 1. The molecule has 0 heterocycles. The Hall–Kier alpha value is -2.24. The number of rotatable bonds is 5. The average molecular weight is 279 g/mol. The summed E-state index contributed by atoms with van der Waals surface area (Å²) in [6, 6.07) is 4.93. The number of hydrogen-bond acceptors (Lipinski definition) is 4. The number of carbonyl (C=O) groups excluding carboxylic acids is 1. The molecule has 0 saturated heterocycles. The molecule has 1 aromatic rings. The van der Waals surface area contributed by atoms with E-state index >= 15 is 0 Å². The lowest BCUT2D eigenvalue weighted by molar-refractivity contribution is -0.159. The van der Waals surface area contributed by atoms with Crippen LogP contribution >= 0.6 is 0 Å². The molecule has 0 bridgehead atoms. The van der Waals surface area contributed by atoms with Gasteiger partial charge in [0.25, 0.3) is 0 Å². The van der Waals surface area contributed by atoms with Gasteiger partial charge in [0.2, 0.25) is 5.91 Å². The summed E-state index contributed by atoms with van der Waals surface area (Å²) in [5.74, 6) is -0.553. The van der Waals surface area contributed by atoms with Gasteiger partial charge < -0.3 is 19.9 Å². The van der Waals surface area contributed by atoms with Crippen LogP contribution in [0.5, 0.6) is 11.5 Å². The first-order chi connectivity index (χ1) is 9.53. The zero-order valence-electron chi connectivity index (χ0n) is 11.4. The summed E-state index contributed by atoms with van der Waals surface area (Å²) in [7, 11) is 3.00. The van der Waals surface area contributed by atoms with Gasteiger partial charge in [-0.2, -0.15) is 0 Å². The Labute approximate surface area is 116 Å². The second kappa shape index (κ2) is 5.40. The topological polar surface area (TPSA) is 84.9 Å². The highest BCUT2D eigenvalue weighted by molar-refractivity contribution is 6.09. The summed E-state index contributed by atoms with van der Waals surface area (Å²) in [5, 5.41) is 11.9. The number of carbonyl (C=O) groups is 2. The molecule has 0 unspecified atom stereocenters. The molecular formula is C14H17NO5. The van der Waals surface area contributed by atoms with Crippen LogP contribution in [0, 0.1) is 5.41 Å². The summed E-state index contributed by atoms with van der Waals surface area (Å²) < 4.78 is 10.2. The van der Waals surface area contributed by atoms with E-state index < -0.39 is 17.3 Å². The highest BCUT2D eigenvalue weighted by atomic mass is 16.5. The van der Waals surface area contributed by atoms with Gasteiger partial charge in [-0.15, -0.1) is 0 Å². The van der Waals surface area contributed by atoms with Crippen LogP contribution in [-0.2, 0) is 9.59 Å². The van der Waals surface area contributed by atoms with Gasteiger partial charge in [-0.1, -0.05) is 6.42 Å². The number of hydrogen-bond donors (Lipinski definition) is 2. The number of amides is 1. The standard InChI is InChI=1S/C14H17NO5/c1-19-9-4-5-10(11(8-9)20-2)15-12(16)14(13(17)18)6-3-7-14/h4-5,8H,3,6-7H2,1-2H3,(H,15,16)(H,17,18). The predicted octanol–water partition coefficient (Wildman–Crippen LogP) is 1.90. The summed E-state index contributed by atoms with van der Waals surface area (Å²) in [5.41, 5.74) is -0.865. The number of benzene rings is 1. The van der Waals surface area contributed by atoms with Crippen LogP contribution in [-0.4, -0.2) is 31.2 Å². The van der Waals surface area contributed by atoms with E-state index in [0.29, 0.717) is 30.0 Å². The molecule has 6 heteroatoms. The largest absolute Gasteiger partial charge is 0.497 e. The number of methoxy groups -OCH3 is 2. The van der Waals surface area contributed by atoms with Crippen LogP contribution in [0.3, 0.4) is 0 Å². The molecule has 0 atom stereocenters. The molecule has 0 spiro atoms. The summed E-state index contributed by atoms with van der Waals surface area (Å²) in [4.78, 5) is 23.5. The van der Waals surface area contributed by atoms with E-state index in [2.05, 4.69) is 5.32 Å². The summed E-state index contributed by atoms with van der Waals surface area (Å²) in [6.07, 6.45) is 1.48. The number of nitrogens with one attached hydrogen (secondary N) is 1. The Morgan fingerprint density at radius 1 is 1.25 bits per heavy atom. The van der Waals surface area contributed by atoms with Crippen LogP contribution in [0.1, 0.15) is 19.3 Å². The Balaban J connectivity index is 2.21. The van der Waals surface area contributed by atoms with E-state index in [4.69, 9.17) is 9.47 Å². The van der Waals surface area contributed by atoms with Gasteiger partial charge in [-0.05, 0) is 25.0 Å². The Kier molecular flexibility index (Phi) is 3.83. The van der Waals surface area contributed by atoms with E-state index in [0.717, 1.165) is 6.42 Å². The summed E-state index contributed by atoms with van der Waals surface area (Å²) in [6.45, 7) is 0. The average Bonchev–Trinajstić information content (AvgIpc) is 2.37. The molecule has 1 aliphatic carbocycles. The van der Waals surface area contributed by atoms with Gasteiger partial charge in [-0.25, -0.2) is 0 Å². The Bertz CT molecular complexity index is 536. The normalized spacial score (nSPS) is 15.9. The smallest absolute Gasteiger partial charge is 0.319 e. The van der Waals surface area contributed by atoms with Gasteiger partial charge in [0, 0.05) is 6.07 Å². The van der Waals surface area contributed by atoms with Crippen molar-refractivity contribution in [1.82, 2.24) is 0 Å². The monoisotopic (exact) mass is 279 g/mol. The molecule has 1 aromatic carbocycles. The van der Waals surface area contributed by atoms with Crippen molar-refractivity contribution >= 4 is 17.6 Å². The number of aliphatic carboxylic acids is 1. The first-order valence-corrected chi connectivity index (χ1v) is 6.30.